The van der Waals surface area contributed by atoms with Gasteiger partial charge in [0.25, 0.3) is 0 Å². The zero-order chi connectivity index (χ0) is 24.9. The highest BCUT2D eigenvalue weighted by Crippen LogP contribution is 2.29. The molecule has 34 heavy (non-hydrogen) atoms. The summed E-state index contributed by atoms with van der Waals surface area (Å²) in [6.45, 7) is 5.48. The number of likely N-dealkylation sites (N-methyl/N-ethyl adjacent to an activating group) is 1. The van der Waals surface area contributed by atoms with E-state index in [0.29, 0.717) is 30.1 Å². The average Bonchev–Trinajstić information content (AvgIpc) is 2.81. The molecule has 0 saturated carbocycles. The van der Waals surface area contributed by atoms with Crippen LogP contribution in [0.4, 0.5) is 5.69 Å². The van der Waals surface area contributed by atoms with Gasteiger partial charge in [0.15, 0.2) is 0 Å². The number of nitrogens with one attached hydrogen (secondary N) is 1. The number of carbonyl (C=O) groups excluding carboxylic acids is 1. The number of hydrogen-bond donors (Lipinski definition) is 2. The summed E-state index contributed by atoms with van der Waals surface area (Å²) in [7, 11) is -1.45. The van der Waals surface area contributed by atoms with Gasteiger partial charge in [-0.2, -0.15) is 0 Å². The standard InChI is InChI=1S/C24H34N4O5S/c1-17-13-28(18(2)16-29)24(30)12-20-11-21(26-34(4,31)32)5-6-22(20)33-23(17)15-27(3)14-19-7-9-25-10-8-19/h5-11,17-18,23,26,29H,12-16H2,1-4H3/t17-,18-,23-/m1/s1. The van der Waals surface area contributed by atoms with Gasteiger partial charge in [0.1, 0.15) is 11.9 Å². The fourth-order valence-corrected chi connectivity index (χ4v) is 4.65. The SMILES string of the molecule is C[C@@H]1CN([C@H](C)CO)C(=O)Cc2cc(NS(C)(=O)=O)ccc2O[C@@H]1CN(C)Cc1ccncc1. The number of rotatable bonds is 8. The van der Waals surface area contributed by atoms with Crippen LogP contribution in [0.5, 0.6) is 5.75 Å². The Morgan fingerprint density at radius 1 is 1.29 bits per heavy atom. The number of amides is 1. The van der Waals surface area contributed by atoms with Crippen LogP contribution in [0, 0.1) is 5.92 Å². The molecule has 9 nitrogen and oxygen atoms in total. The molecule has 1 aliphatic rings. The predicted octanol–water partition coefficient (Wildman–Crippen LogP) is 1.73. The first-order chi connectivity index (χ1) is 16.1. The van der Waals surface area contributed by atoms with Gasteiger partial charge in [-0.25, -0.2) is 8.42 Å². The second-order valence-electron chi connectivity index (χ2n) is 9.14. The number of sulfonamides is 1. The van der Waals surface area contributed by atoms with Gasteiger partial charge in [-0.1, -0.05) is 6.92 Å². The highest BCUT2D eigenvalue weighted by Gasteiger charge is 2.31. The van der Waals surface area contributed by atoms with Crippen molar-refractivity contribution in [3.05, 3.63) is 53.9 Å². The molecule has 2 aromatic rings. The fourth-order valence-electron chi connectivity index (χ4n) is 4.10. The lowest BCUT2D eigenvalue weighted by molar-refractivity contribution is -0.134. The number of anilines is 1. The summed E-state index contributed by atoms with van der Waals surface area (Å²) < 4.78 is 32.3. The summed E-state index contributed by atoms with van der Waals surface area (Å²) in [5.41, 5.74) is 2.11. The second-order valence-corrected chi connectivity index (χ2v) is 10.9. The van der Waals surface area contributed by atoms with Crippen LogP contribution >= 0.6 is 0 Å². The van der Waals surface area contributed by atoms with E-state index in [1.165, 1.54) is 0 Å². The van der Waals surface area contributed by atoms with E-state index in [1.54, 1.807) is 35.5 Å². The molecule has 0 aliphatic carbocycles. The van der Waals surface area contributed by atoms with Gasteiger partial charge in [-0.15, -0.1) is 0 Å². The van der Waals surface area contributed by atoms with Crippen LogP contribution in [0.15, 0.2) is 42.7 Å². The van der Waals surface area contributed by atoms with Gasteiger partial charge in [0, 0.05) is 49.2 Å². The molecule has 2 N–H and O–H groups in total. The molecule has 10 heteroatoms. The fraction of sp³-hybridized carbons (Fsp3) is 0.500. The van der Waals surface area contributed by atoms with Gasteiger partial charge in [-0.3, -0.25) is 19.4 Å². The molecule has 3 atom stereocenters. The van der Waals surface area contributed by atoms with Gasteiger partial charge in [-0.05, 0) is 49.9 Å². The molecule has 1 aliphatic heterocycles. The number of ether oxygens (including phenoxy) is 1. The lowest BCUT2D eigenvalue weighted by Gasteiger charge is -2.34. The van der Waals surface area contributed by atoms with Crippen molar-refractivity contribution in [1.82, 2.24) is 14.8 Å². The Bertz CT molecular complexity index is 1080. The molecule has 0 fully saturated rings. The van der Waals surface area contributed by atoms with Crippen LogP contribution in [0.1, 0.15) is 25.0 Å². The van der Waals surface area contributed by atoms with E-state index in [1.807, 2.05) is 33.0 Å². The summed E-state index contributed by atoms with van der Waals surface area (Å²) in [5.74, 6) is 0.401. The first-order valence-electron chi connectivity index (χ1n) is 11.3. The number of carbonyl (C=O) groups is 1. The van der Waals surface area contributed by atoms with Gasteiger partial charge in [0.05, 0.1) is 25.3 Å². The van der Waals surface area contributed by atoms with E-state index in [0.717, 1.165) is 18.4 Å². The second kappa shape index (κ2) is 11.2. The number of nitrogens with zero attached hydrogens (tertiary/aromatic N) is 3. The third-order valence-electron chi connectivity index (χ3n) is 5.91. The van der Waals surface area contributed by atoms with Crippen molar-refractivity contribution < 1.29 is 23.1 Å². The van der Waals surface area contributed by atoms with Crippen LogP contribution < -0.4 is 9.46 Å². The summed E-state index contributed by atoms with van der Waals surface area (Å²) in [4.78, 5) is 21.1. The zero-order valence-corrected chi connectivity index (χ0v) is 21.0. The normalized spacial score (nSPS) is 20.1. The van der Waals surface area contributed by atoms with Crippen molar-refractivity contribution in [1.29, 1.82) is 0 Å². The number of aromatic nitrogens is 1. The number of aliphatic hydroxyl groups excluding tert-OH is 1. The topological polar surface area (TPSA) is 112 Å². The largest absolute Gasteiger partial charge is 0.488 e. The Morgan fingerprint density at radius 2 is 2.00 bits per heavy atom. The molecule has 0 spiro atoms. The molecule has 2 heterocycles. The van der Waals surface area contributed by atoms with E-state index in [4.69, 9.17) is 4.74 Å². The third-order valence-corrected chi connectivity index (χ3v) is 6.52. The number of pyridine rings is 1. The lowest BCUT2D eigenvalue weighted by atomic mass is 10.0. The smallest absolute Gasteiger partial charge is 0.229 e. The third kappa shape index (κ3) is 7.15. The Labute approximate surface area is 201 Å². The average molecular weight is 491 g/mol. The molecular weight excluding hydrogens is 456 g/mol. The van der Waals surface area contributed by atoms with Crippen LogP contribution in [-0.4, -0.2) is 79.4 Å². The number of aliphatic hydroxyl groups is 1. The Morgan fingerprint density at radius 3 is 2.65 bits per heavy atom. The van der Waals surface area contributed by atoms with E-state index in [-0.39, 0.29) is 37.0 Å². The van der Waals surface area contributed by atoms with Crippen LogP contribution in [0.2, 0.25) is 0 Å². The minimum Gasteiger partial charge on any atom is -0.488 e. The first-order valence-corrected chi connectivity index (χ1v) is 13.2. The van der Waals surface area contributed by atoms with Crippen molar-refractivity contribution in [2.45, 2.75) is 39.0 Å². The van der Waals surface area contributed by atoms with Gasteiger partial charge < -0.3 is 14.7 Å². The van der Waals surface area contributed by atoms with Crippen molar-refractivity contribution in [2.75, 3.05) is 37.7 Å². The Balaban J connectivity index is 1.91. The predicted molar refractivity (Wildman–Crippen MR) is 131 cm³/mol. The van der Waals surface area contributed by atoms with Gasteiger partial charge >= 0.3 is 0 Å². The molecule has 3 rings (SSSR count). The molecule has 1 amide bonds. The number of hydrogen-bond acceptors (Lipinski definition) is 7. The Kier molecular flexibility index (Phi) is 8.51. The van der Waals surface area contributed by atoms with Crippen LogP contribution in [0.3, 0.4) is 0 Å². The molecule has 186 valence electrons. The molecule has 1 aromatic heterocycles. The minimum absolute atomic E-state index is 0.0161. The summed E-state index contributed by atoms with van der Waals surface area (Å²) in [6.07, 6.45) is 4.42. The minimum atomic E-state index is -3.46. The van der Waals surface area contributed by atoms with Gasteiger partial charge in [0.2, 0.25) is 15.9 Å². The molecule has 0 radical (unpaired) electrons. The number of benzene rings is 1. The Hall–Kier alpha value is -2.69. The monoisotopic (exact) mass is 490 g/mol. The summed E-state index contributed by atoms with van der Waals surface area (Å²) in [5, 5.41) is 9.75. The van der Waals surface area contributed by atoms with E-state index in [2.05, 4.69) is 14.6 Å². The van der Waals surface area contributed by atoms with E-state index >= 15 is 0 Å². The maximum Gasteiger partial charge on any atom is 0.229 e. The number of fused-ring (bicyclic) bond motifs is 1. The molecular formula is C24H34N4O5S. The zero-order valence-electron chi connectivity index (χ0n) is 20.1. The molecule has 0 saturated heterocycles. The van der Waals surface area contributed by atoms with Crippen LogP contribution in [-0.2, 0) is 27.8 Å². The lowest BCUT2D eigenvalue weighted by Crippen LogP contribution is -2.47. The molecule has 0 unspecified atom stereocenters. The van der Waals surface area contributed by atoms with E-state index < -0.39 is 10.0 Å². The molecule has 0 bridgehead atoms. The quantitative estimate of drug-likeness (QED) is 0.580. The highest BCUT2D eigenvalue weighted by molar-refractivity contribution is 7.92. The maximum absolute atomic E-state index is 13.2. The van der Waals surface area contributed by atoms with E-state index in [9.17, 15) is 18.3 Å². The van der Waals surface area contributed by atoms with Crippen molar-refractivity contribution in [3.63, 3.8) is 0 Å². The highest BCUT2D eigenvalue weighted by atomic mass is 32.2. The summed E-state index contributed by atoms with van der Waals surface area (Å²) >= 11 is 0. The molecule has 1 aromatic carbocycles. The van der Waals surface area contributed by atoms with Crippen LogP contribution in [0.25, 0.3) is 0 Å². The summed E-state index contributed by atoms with van der Waals surface area (Å²) in [6, 6.07) is 8.59. The van der Waals surface area contributed by atoms with Crippen molar-refractivity contribution in [3.8, 4) is 5.75 Å². The van der Waals surface area contributed by atoms with Crippen molar-refractivity contribution >= 4 is 21.6 Å². The first kappa shape index (κ1) is 25.9. The van der Waals surface area contributed by atoms with Crippen molar-refractivity contribution in [2.24, 2.45) is 5.92 Å². The maximum atomic E-state index is 13.2.